The van der Waals surface area contributed by atoms with Gasteiger partial charge in [-0.2, -0.15) is 0 Å². The first kappa shape index (κ1) is 9.52. The zero-order valence-corrected chi connectivity index (χ0v) is 3.80. The molecule has 0 aliphatic heterocycles. The van der Waals surface area contributed by atoms with Gasteiger partial charge in [-0.1, -0.05) is 0 Å². The molecule has 0 rings (SSSR count). The second kappa shape index (κ2) is 8.97. The molecule has 0 radical (unpaired) electrons. The highest BCUT2D eigenvalue weighted by Gasteiger charge is 1.55. The average molecular weight is 114 g/mol. The Morgan fingerprint density at radius 2 is 1.50 bits per heavy atom. The molecule has 0 aromatic rings. The van der Waals surface area contributed by atoms with E-state index in [4.69, 9.17) is 14.7 Å². The molecule has 0 aromatic heterocycles. The molecular weight excluding hydrogens is 107 g/mol. The Morgan fingerprint density at radius 1 is 1.50 bits per heavy atom. The third-order valence-corrected chi connectivity index (χ3v) is 0. The standard InChI is InChI=1S/H4N2.H2O3P/c1-2;1-4(2)3/h1-2H2;1-2H/q;-1/p+1. The molecule has 0 aromatic carbocycles. The van der Waals surface area contributed by atoms with Gasteiger partial charge in [0.05, 0.1) is 8.60 Å². The predicted octanol–water partition coefficient (Wildman–Crippen LogP) is -2.51. The van der Waals surface area contributed by atoms with Crippen molar-refractivity contribution in [3.05, 3.63) is 0 Å². The topological polar surface area (TPSA) is 116 Å². The molecule has 0 spiro atoms. The van der Waals surface area contributed by atoms with E-state index >= 15 is 0 Å². The number of hydrogen-bond acceptors (Lipinski definition) is 5. The summed E-state index contributed by atoms with van der Waals surface area (Å²) >= 11 is 0. The lowest BCUT2D eigenvalue weighted by Gasteiger charge is -1.99. The second-order valence-electron chi connectivity index (χ2n) is 0.253. The molecule has 6 heavy (non-hydrogen) atoms. The maximum atomic E-state index is 8.70. The highest BCUT2D eigenvalue weighted by molar-refractivity contribution is 7.36. The van der Waals surface area contributed by atoms with Crippen molar-refractivity contribution in [2.24, 2.45) is 11.7 Å². The van der Waals surface area contributed by atoms with Crippen molar-refractivity contribution in [3.63, 3.8) is 0 Å². The third-order valence-electron chi connectivity index (χ3n) is 0. The van der Waals surface area contributed by atoms with Crippen molar-refractivity contribution in [1.29, 1.82) is 0 Å². The van der Waals surface area contributed by atoms with Crippen LogP contribution in [-0.2, 0) is 0 Å². The fourth-order valence-electron chi connectivity index (χ4n) is 0. The van der Waals surface area contributed by atoms with Crippen LogP contribution >= 0.6 is 8.60 Å². The van der Waals surface area contributed by atoms with Gasteiger partial charge in [-0.25, -0.2) is 0 Å². The lowest BCUT2D eigenvalue weighted by Crippen LogP contribution is -2.02. The van der Waals surface area contributed by atoms with Crippen LogP contribution in [0.1, 0.15) is 1.43 Å². The Hall–Kier alpha value is 0.230. The molecule has 6 N–H and O–H groups in total. The maximum absolute atomic E-state index is 8.70. The first-order valence-corrected chi connectivity index (χ1v) is 2.08. The molecule has 0 aliphatic carbocycles. The quantitative estimate of drug-likeness (QED) is 0.158. The summed E-state index contributed by atoms with van der Waals surface area (Å²) in [6.45, 7) is 0. The monoisotopic (exact) mass is 114 g/mol. The fraction of sp³-hybridized carbons (Fsp3) is 0. The lowest BCUT2D eigenvalue weighted by atomic mass is 13.0. The summed E-state index contributed by atoms with van der Waals surface area (Å²) in [6, 6.07) is 0. The van der Waals surface area contributed by atoms with Crippen LogP contribution < -0.4 is 16.6 Å². The Balaban J connectivity index is -0.0000000480. The average Bonchev–Trinajstić information content (AvgIpc) is 1.41. The van der Waals surface area contributed by atoms with Gasteiger partial charge in [0.25, 0.3) is 0 Å². The zero-order chi connectivity index (χ0) is 5.58. The number of hydrazine groups is 1. The molecule has 0 aliphatic rings. The largest absolute Gasteiger partial charge is 1.00 e. The van der Waals surface area contributed by atoms with E-state index in [1.807, 2.05) is 0 Å². The lowest BCUT2D eigenvalue weighted by molar-refractivity contribution is -0.193. The Labute approximate surface area is 37.7 Å². The van der Waals surface area contributed by atoms with E-state index < -0.39 is 8.60 Å². The third kappa shape index (κ3) is 834. The predicted molar refractivity (Wildman–Crippen MR) is 20.8 cm³/mol. The van der Waals surface area contributed by atoms with Crippen molar-refractivity contribution in [1.82, 2.24) is 0 Å². The minimum atomic E-state index is -2.87. The minimum Gasteiger partial charge on any atom is -0.786 e. The molecule has 0 bridgehead atoms. The van der Waals surface area contributed by atoms with Crippen LogP contribution in [0.5, 0.6) is 0 Å². The molecule has 0 saturated carbocycles. The van der Waals surface area contributed by atoms with E-state index in [9.17, 15) is 0 Å². The van der Waals surface area contributed by atoms with Crippen molar-refractivity contribution in [2.45, 2.75) is 0 Å². The highest BCUT2D eigenvalue weighted by atomic mass is 31.2. The summed E-state index contributed by atoms with van der Waals surface area (Å²) in [6.07, 6.45) is 0. The second-order valence-corrected chi connectivity index (χ2v) is 0.758. The summed E-state index contributed by atoms with van der Waals surface area (Å²) in [4.78, 5) is 22.9. The van der Waals surface area contributed by atoms with Crippen molar-refractivity contribution in [3.8, 4) is 0 Å². The van der Waals surface area contributed by atoms with E-state index in [1.165, 1.54) is 0 Å². The number of hydrogen-bond donors (Lipinski definition) is 4. The fourth-order valence-corrected chi connectivity index (χ4v) is 0. The summed E-state index contributed by atoms with van der Waals surface area (Å²) < 4.78 is 0. The van der Waals surface area contributed by atoms with Gasteiger partial charge in [0, 0.05) is 0 Å². The van der Waals surface area contributed by atoms with Gasteiger partial charge in [0.2, 0.25) is 0 Å². The van der Waals surface area contributed by atoms with Crippen LogP contribution in [0.15, 0.2) is 0 Å². The number of nitrogens with two attached hydrogens (primary N) is 2. The Kier molecular flexibility index (Phi) is 14.2. The van der Waals surface area contributed by atoms with E-state index in [-0.39, 0.29) is 1.43 Å². The SMILES string of the molecule is NN.[H+].[O-]P(O)O. The van der Waals surface area contributed by atoms with Crippen molar-refractivity contribution in [2.75, 3.05) is 0 Å². The van der Waals surface area contributed by atoms with Gasteiger partial charge in [-0.3, -0.25) is 11.7 Å². The van der Waals surface area contributed by atoms with E-state index in [2.05, 4.69) is 11.7 Å². The van der Waals surface area contributed by atoms with Gasteiger partial charge in [-0.05, 0) is 0 Å². The van der Waals surface area contributed by atoms with Crippen LogP contribution in [0.2, 0.25) is 0 Å². The summed E-state index contributed by atoms with van der Waals surface area (Å²) in [7, 11) is -2.87. The highest BCUT2D eigenvalue weighted by Crippen LogP contribution is 2.03. The summed E-state index contributed by atoms with van der Waals surface area (Å²) in [5.74, 6) is 8.00. The van der Waals surface area contributed by atoms with Gasteiger partial charge >= 0.3 is 1.43 Å². The summed E-state index contributed by atoms with van der Waals surface area (Å²) in [5.41, 5.74) is 0. The van der Waals surface area contributed by atoms with Crippen LogP contribution in [0.25, 0.3) is 0 Å². The first-order valence-electron chi connectivity index (χ1n) is 0.916. The molecule has 0 atom stereocenters. The van der Waals surface area contributed by atoms with E-state index in [0.717, 1.165) is 0 Å². The molecular formula is H7N2O3P. The molecule has 40 valence electrons. The van der Waals surface area contributed by atoms with Crippen LogP contribution in [0, 0.1) is 0 Å². The molecule has 0 unspecified atom stereocenters. The van der Waals surface area contributed by atoms with Crippen molar-refractivity contribution < 1.29 is 16.1 Å². The molecule has 0 fully saturated rings. The maximum Gasteiger partial charge on any atom is 1.00 e. The van der Waals surface area contributed by atoms with Gasteiger partial charge < -0.3 is 14.7 Å². The van der Waals surface area contributed by atoms with E-state index in [0.29, 0.717) is 0 Å². The molecule has 5 nitrogen and oxygen atoms in total. The Morgan fingerprint density at radius 3 is 1.50 bits per heavy atom. The molecule has 0 heterocycles. The molecule has 0 saturated heterocycles. The minimum absolute atomic E-state index is 0. The van der Waals surface area contributed by atoms with Gasteiger partial charge in [0.1, 0.15) is 0 Å². The van der Waals surface area contributed by atoms with Crippen molar-refractivity contribution >= 4 is 8.60 Å². The first-order chi connectivity index (χ1) is 2.73. The van der Waals surface area contributed by atoms with Gasteiger partial charge in [-0.15, -0.1) is 0 Å². The zero-order valence-electron chi connectivity index (χ0n) is 3.90. The molecule has 6 heteroatoms. The van der Waals surface area contributed by atoms with Crippen LogP contribution in [0.3, 0.4) is 0 Å². The number of rotatable bonds is 0. The van der Waals surface area contributed by atoms with Crippen LogP contribution in [0.4, 0.5) is 0 Å². The Bertz CT molecular complexity index is 17.7. The molecule has 0 amide bonds. The van der Waals surface area contributed by atoms with Gasteiger partial charge in [0.15, 0.2) is 0 Å². The normalized spacial score (nSPS) is 7.00. The van der Waals surface area contributed by atoms with E-state index in [1.54, 1.807) is 0 Å². The van der Waals surface area contributed by atoms with Crippen LogP contribution in [-0.4, -0.2) is 9.79 Å². The summed E-state index contributed by atoms with van der Waals surface area (Å²) in [5, 5.41) is 0. The smallest absolute Gasteiger partial charge is 0.786 e.